The van der Waals surface area contributed by atoms with Crippen molar-refractivity contribution < 1.29 is 13.2 Å². The van der Waals surface area contributed by atoms with Gasteiger partial charge in [-0.15, -0.1) is 0 Å². The van der Waals surface area contributed by atoms with Crippen molar-refractivity contribution in [2.75, 3.05) is 19.6 Å². The fourth-order valence-corrected chi connectivity index (χ4v) is 6.26. The van der Waals surface area contributed by atoms with Crippen LogP contribution in [-0.2, 0) is 23.0 Å². The fourth-order valence-electron chi connectivity index (χ4n) is 3.76. The van der Waals surface area contributed by atoms with Gasteiger partial charge >= 0.3 is 0 Å². The minimum absolute atomic E-state index is 0.0843. The topological polar surface area (TPSA) is 121 Å². The Morgan fingerprint density at radius 1 is 1.15 bits per heavy atom. The zero-order chi connectivity index (χ0) is 23.6. The van der Waals surface area contributed by atoms with Crippen LogP contribution in [0, 0.1) is 0 Å². The molecule has 0 radical (unpaired) electrons. The maximum atomic E-state index is 13.3. The highest BCUT2D eigenvalue weighted by Gasteiger charge is 2.34. The van der Waals surface area contributed by atoms with Crippen LogP contribution in [0.25, 0.3) is 11.3 Å². The van der Waals surface area contributed by atoms with Crippen molar-refractivity contribution in [2.24, 2.45) is 5.73 Å². The van der Waals surface area contributed by atoms with Crippen LogP contribution >= 0.6 is 23.2 Å². The van der Waals surface area contributed by atoms with Crippen LogP contribution in [0.3, 0.4) is 0 Å². The number of carbonyl (C=O) groups excluding carboxylic acids is 1. The van der Waals surface area contributed by atoms with Crippen LogP contribution in [0.1, 0.15) is 28.0 Å². The molecule has 0 bridgehead atoms. The van der Waals surface area contributed by atoms with E-state index in [1.165, 1.54) is 16.4 Å². The second-order valence-corrected chi connectivity index (χ2v) is 10.3. The van der Waals surface area contributed by atoms with Gasteiger partial charge in [-0.05, 0) is 37.2 Å². The van der Waals surface area contributed by atoms with Crippen molar-refractivity contribution in [3.63, 3.8) is 0 Å². The minimum Gasteiger partial charge on any atom is -0.352 e. The summed E-state index contributed by atoms with van der Waals surface area (Å²) in [6.07, 6.45) is 1.19. The Bertz CT molecular complexity index is 1260. The number of hydrogen-bond acceptors (Lipinski definition) is 5. The van der Waals surface area contributed by atoms with Gasteiger partial charge in [-0.2, -0.15) is 9.40 Å². The Labute approximate surface area is 202 Å². The number of aromatic amines is 1. The Hall–Kier alpha value is -2.43. The SMILES string of the molecule is NCCCNC(=O)c1ccc(-c2n[nH]c3c2CN(S(=O)(=O)c2c(Cl)cccc2Cl)CC3)cc1. The Morgan fingerprint density at radius 2 is 1.85 bits per heavy atom. The first kappa shape index (κ1) is 23.7. The molecule has 4 rings (SSSR count). The third-order valence-electron chi connectivity index (χ3n) is 5.50. The zero-order valence-corrected chi connectivity index (χ0v) is 20.0. The summed E-state index contributed by atoms with van der Waals surface area (Å²) in [6.45, 7) is 1.44. The summed E-state index contributed by atoms with van der Waals surface area (Å²) in [7, 11) is -3.91. The first-order valence-electron chi connectivity index (χ1n) is 10.4. The summed E-state index contributed by atoms with van der Waals surface area (Å²) in [5.74, 6) is -0.173. The normalized spacial score (nSPS) is 14.2. The van der Waals surface area contributed by atoms with E-state index < -0.39 is 10.0 Å². The number of fused-ring (bicyclic) bond motifs is 1. The van der Waals surface area contributed by atoms with Crippen molar-refractivity contribution in [3.8, 4) is 11.3 Å². The first-order chi connectivity index (χ1) is 15.8. The van der Waals surface area contributed by atoms with Crippen LogP contribution in [0.5, 0.6) is 0 Å². The molecule has 0 fully saturated rings. The van der Waals surface area contributed by atoms with E-state index in [0.717, 1.165) is 16.8 Å². The van der Waals surface area contributed by atoms with Gasteiger partial charge in [0.05, 0.1) is 15.7 Å². The third kappa shape index (κ3) is 4.78. The van der Waals surface area contributed by atoms with E-state index in [2.05, 4.69) is 15.5 Å². The van der Waals surface area contributed by atoms with E-state index in [4.69, 9.17) is 28.9 Å². The van der Waals surface area contributed by atoms with Crippen molar-refractivity contribution in [1.82, 2.24) is 19.8 Å². The summed E-state index contributed by atoms with van der Waals surface area (Å²) in [4.78, 5) is 12.1. The molecular formula is C22H23Cl2N5O3S. The van der Waals surface area contributed by atoms with Crippen molar-refractivity contribution in [3.05, 3.63) is 69.3 Å². The molecule has 0 aliphatic carbocycles. The molecule has 1 amide bonds. The van der Waals surface area contributed by atoms with Gasteiger partial charge in [-0.3, -0.25) is 9.89 Å². The van der Waals surface area contributed by atoms with Gasteiger partial charge < -0.3 is 11.1 Å². The number of benzene rings is 2. The van der Waals surface area contributed by atoms with Gasteiger partial charge in [-0.1, -0.05) is 41.4 Å². The Kier molecular flexibility index (Phi) is 7.06. The van der Waals surface area contributed by atoms with Gasteiger partial charge in [0.15, 0.2) is 0 Å². The van der Waals surface area contributed by atoms with E-state index >= 15 is 0 Å². The van der Waals surface area contributed by atoms with Crippen molar-refractivity contribution in [1.29, 1.82) is 0 Å². The molecule has 11 heteroatoms. The van der Waals surface area contributed by atoms with Crippen LogP contribution in [0.4, 0.5) is 0 Å². The minimum atomic E-state index is -3.91. The number of carbonyl (C=O) groups is 1. The molecule has 0 atom stereocenters. The number of halogens is 2. The monoisotopic (exact) mass is 507 g/mol. The molecule has 4 N–H and O–H groups in total. The molecule has 0 saturated heterocycles. The quantitative estimate of drug-likeness (QED) is 0.424. The fraction of sp³-hybridized carbons (Fsp3) is 0.273. The molecule has 2 heterocycles. The predicted molar refractivity (Wildman–Crippen MR) is 128 cm³/mol. The third-order valence-corrected chi connectivity index (χ3v) is 8.30. The highest BCUT2D eigenvalue weighted by Crippen LogP contribution is 2.35. The number of aromatic nitrogens is 2. The maximum Gasteiger partial charge on any atom is 0.251 e. The van der Waals surface area contributed by atoms with E-state index in [9.17, 15) is 13.2 Å². The van der Waals surface area contributed by atoms with Crippen LogP contribution < -0.4 is 11.1 Å². The van der Waals surface area contributed by atoms with Gasteiger partial charge in [0.2, 0.25) is 10.0 Å². The van der Waals surface area contributed by atoms with Crippen LogP contribution in [0.2, 0.25) is 10.0 Å². The molecular weight excluding hydrogens is 485 g/mol. The lowest BCUT2D eigenvalue weighted by Crippen LogP contribution is -2.36. The van der Waals surface area contributed by atoms with E-state index in [-0.39, 0.29) is 33.9 Å². The molecule has 174 valence electrons. The van der Waals surface area contributed by atoms with Crippen molar-refractivity contribution >= 4 is 39.1 Å². The van der Waals surface area contributed by atoms with Crippen LogP contribution in [0.15, 0.2) is 47.4 Å². The summed E-state index contributed by atoms with van der Waals surface area (Å²) in [6, 6.07) is 11.6. The van der Waals surface area contributed by atoms with E-state index in [0.29, 0.717) is 37.2 Å². The van der Waals surface area contributed by atoms with Gasteiger partial charge in [0, 0.05) is 48.4 Å². The molecule has 2 aromatic carbocycles. The smallest absolute Gasteiger partial charge is 0.251 e. The second kappa shape index (κ2) is 9.82. The highest BCUT2D eigenvalue weighted by molar-refractivity contribution is 7.89. The van der Waals surface area contributed by atoms with E-state index in [1.54, 1.807) is 30.3 Å². The molecule has 3 aromatic rings. The molecule has 0 unspecified atom stereocenters. The zero-order valence-electron chi connectivity index (χ0n) is 17.6. The summed E-state index contributed by atoms with van der Waals surface area (Å²) >= 11 is 12.3. The Balaban J connectivity index is 1.58. The summed E-state index contributed by atoms with van der Waals surface area (Å²) in [5.41, 5.74) is 9.07. The standard InChI is InChI=1S/C22H23Cl2N5O3S/c23-17-3-1-4-18(24)21(17)33(31,32)29-12-9-19-16(13-29)20(28-27-19)14-5-7-15(8-6-14)22(30)26-11-2-10-25/h1,3-8H,2,9-13,25H2,(H,26,30)(H,27,28). The van der Waals surface area contributed by atoms with Gasteiger partial charge in [-0.25, -0.2) is 8.42 Å². The number of nitrogens with zero attached hydrogens (tertiary/aromatic N) is 2. The number of H-pyrrole nitrogens is 1. The molecule has 8 nitrogen and oxygen atoms in total. The number of hydrogen-bond donors (Lipinski definition) is 3. The average molecular weight is 508 g/mol. The predicted octanol–water partition coefficient (Wildman–Crippen LogP) is 3.21. The summed E-state index contributed by atoms with van der Waals surface area (Å²) in [5, 5.41) is 10.4. The van der Waals surface area contributed by atoms with Gasteiger partial charge in [0.1, 0.15) is 4.90 Å². The molecule has 1 aliphatic rings. The number of sulfonamides is 1. The largest absolute Gasteiger partial charge is 0.352 e. The molecule has 1 aromatic heterocycles. The number of amides is 1. The lowest BCUT2D eigenvalue weighted by atomic mass is 10.0. The Morgan fingerprint density at radius 3 is 2.52 bits per heavy atom. The lowest BCUT2D eigenvalue weighted by Gasteiger charge is -2.27. The lowest BCUT2D eigenvalue weighted by molar-refractivity contribution is 0.0953. The number of rotatable bonds is 7. The molecule has 1 aliphatic heterocycles. The van der Waals surface area contributed by atoms with Crippen molar-refractivity contribution in [2.45, 2.75) is 24.3 Å². The highest BCUT2D eigenvalue weighted by atomic mass is 35.5. The average Bonchev–Trinajstić information content (AvgIpc) is 3.22. The number of nitrogens with one attached hydrogen (secondary N) is 2. The van der Waals surface area contributed by atoms with E-state index in [1.807, 2.05) is 0 Å². The number of nitrogens with two attached hydrogens (primary N) is 1. The van der Waals surface area contributed by atoms with Gasteiger partial charge in [0.25, 0.3) is 5.91 Å². The maximum absolute atomic E-state index is 13.3. The first-order valence-corrected chi connectivity index (χ1v) is 12.6. The molecule has 33 heavy (non-hydrogen) atoms. The second-order valence-electron chi connectivity index (χ2n) is 7.64. The van der Waals surface area contributed by atoms with Crippen LogP contribution in [-0.4, -0.2) is 48.5 Å². The summed E-state index contributed by atoms with van der Waals surface area (Å²) < 4.78 is 28.0. The molecule has 0 spiro atoms. The molecule has 0 saturated carbocycles.